The van der Waals surface area contributed by atoms with Gasteiger partial charge in [0.1, 0.15) is 5.82 Å². The number of likely N-dealkylation sites (N-methyl/N-ethyl adjacent to an activating group) is 1. The first-order chi connectivity index (χ1) is 9.22. The summed E-state index contributed by atoms with van der Waals surface area (Å²) in [4.78, 5) is 9.17. The van der Waals surface area contributed by atoms with E-state index in [9.17, 15) is 0 Å². The molecular formula is C14H21ClN4. The van der Waals surface area contributed by atoms with E-state index in [0.29, 0.717) is 0 Å². The van der Waals surface area contributed by atoms with E-state index in [-0.39, 0.29) is 0 Å². The van der Waals surface area contributed by atoms with Gasteiger partial charge < -0.3 is 15.1 Å². The Morgan fingerprint density at radius 2 is 2.05 bits per heavy atom. The van der Waals surface area contributed by atoms with Gasteiger partial charge in [0.2, 0.25) is 0 Å². The van der Waals surface area contributed by atoms with Gasteiger partial charge in [0, 0.05) is 45.0 Å². The number of rotatable bonds is 4. The molecule has 5 heteroatoms. The highest BCUT2D eigenvalue weighted by molar-refractivity contribution is 6.33. The summed E-state index contributed by atoms with van der Waals surface area (Å²) in [7, 11) is 2.15. The van der Waals surface area contributed by atoms with Gasteiger partial charge in [-0.25, -0.2) is 4.98 Å². The Balaban J connectivity index is 1.64. The summed E-state index contributed by atoms with van der Waals surface area (Å²) in [5.74, 6) is 0.935. The molecule has 0 radical (unpaired) electrons. The molecule has 19 heavy (non-hydrogen) atoms. The van der Waals surface area contributed by atoms with Crippen LogP contribution in [0.1, 0.15) is 18.4 Å². The molecule has 1 saturated heterocycles. The number of piperazine rings is 1. The van der Waals surface area contributed by atoms with Gasteiger partial charge in [-0.3, -0.25) is 0 Å². The molecule has 0 atom stereocenters. The Bertz CT molecular complexity index is 439. The number of halogens is 1. The van der Waals surface area contributed by atoms with Crippen LogP contribution in [-0.4, -0.2) is 49.2 Å². The fourth-order valence-corrected chi connectivity index (χ4v) is 2.68. The zero-order valence-electron chi connectivity index (χ0n) is 11.4. The van der Waals surface area contributed by atoms with E-state index in [0.717, 1.165) is 49.6 Å². The number of nitrogens with one attached hydrogen (secondary N) is 1. The lowest BCUT2D eigenvalue weighted by molar-refractivity contribution is 0.312. The van der Waals surface area contributed by atoms with E-state index in [4.69, 9.17) is 11.6 Å². The van der Waals surface area contributed by atoms with Gasteiger partial charge in [0.15, 0.2) is 0 Å². The number of hydrogen-bond acceptors (Lipinski definition) is 4. The van der Waals surface area contributed by atoms with Gasteiger partial charge >= 0.3 is 0 Å². The third-order valence-corrected chi connectivity index (χ3v) is 4.13. The molecule has 0 bridgehead atoms. The average Bonchev–Trinajstić information content (AvgIpc) is 3.22. The maximum atomic E-state index is 6.38. The van der Waals surface area contributed by atoms with Crippen molar-refractivity contribution in [3.63, 3.8) is 0 Å². The molecule has 1 N–H and O–H groups in total. The predicted octanol–water partition coefficient (Wildman–Crippen LogP) is 1.74. The number of anilines is 1. The van der Waals surface area contributed by atoms with E-state index in [1.165, 1.54) is 18.4 Å². The number of nitrogens with zero attached hydrogens (tertiary/aromatic N) is 3. The van der Waals surface area contributed by atoms with E-state index >= 15 is 0 Å². The molecule has 3 rings (SSSR count). The van der Waals surface area contributed by atoms with Crippen LogP contribution in [0.5, 0.6) is 0 Å². The molecule has 4 nitrogen and oxygen atoms in total. The van der Waals surface area contributed by atoms with Crippen LogP contribution in [0.3, 0.4) is 0 Å². The van der Waals surface area contributed by atoms with Crippen LogP contribution in [0, 0.1) is 0 Å². The number of aromatic nitrogens is 1. The van der Waals surface area contributed by atoms with Gasteiger partial charge in [0.05, 0.1) is 5.02 Å². The molecule has 2 fully saturated rings. The van der Waals surface area contributed by atoms with Gasteiger partial charge in [-0.15, -0.1) is 0 Å². The third kappa shape index (κ3) is 3.38. The Kier molecular flexibility index (Phi) is 3.91. The van der Waals surface area contributed by atoms with Crippen LogP contribution in [0.2, 0.25) is 5.02 Å². The Labute approximate surface area is 119 Å². The highest BCUT2D eigenvalue weighted by Crippen LogP contribution is 2.25. The lowest BCUT2D eigenvalue weighted by Crippen LogP contribution is -2.44. The van der Waals surface area contributed by atoms with Crippen LogP contribution in [0.4, 0.5) is 5.82 Å². The smallest absolute Gasteiger partial charge is 0.147 e. The molecule has 1 saturated carbocycles. The van der Waals surface area contributed by atoms with Crippen molar-refractivity contribution in [3.05, 3.63) is 22.8 Å². The summed E-state index contributed by atoms with van der Waals surface area (Å²) in [6.07, 6.45) is 4.57. The minimum atomic E-state index is 0.719. The predicted molar refractivity (Wildman–Crippen MR) is 78.8 cm³/mol. The second-order valence-corrected chi connectivity index (χ2v) is 6.00. The molecule has 1 aromatic rings. The van der Waals surface area contributed by atoms with Crippen LogP contribution in [0.15, 0.2) is 12.3 Å². The Morgan fingerprint density at radius 1 is 1.32 bits per heavy atom. The minimum Gasteiger partial charge on any atom is -0.353 e. The molecule has 1 aliphatic carbocycles. The second-order valence-electron chi connectivity index (χ2n) is 5.59. The first kappa shape index (κ1) is 13.2. The summed E-state index contributed by atoms with van der Waals surface area (Å²) in [5.41, 5.74) is 1.18. The average molecular weight is 281 g/mol. The van der Waals surface area contributed by atoms with Crippen molar-refractivity contribution < 1.29 is 0 Å². The van der Waals surface area contributed by atoms with Crippen LogP contribution >= 0.6 is 11.6 Å². The third-order valence-electron chi connectivity index (χ3n) is 3.85. The second kappa shape index (κ2) is 5.65. The van der Waals surface area contributed by atoms with E-state index in [1.54, 1.807) is 0 Å². The maximum Gasteiger partial charge on any atom is 0.147 e. The summed E-state index contributed by atoms with van der Waals surface area (Å²) >= 11 is 6.38. The highest BCUT2D eigenvalue weighted by Gasteiger charge is 2.21. The van der Waals surface area contributed by atoms with Gasteiger partial charge in [-0.2, -0.15) is 0 Å². The van der Waals surface area contributed by atoms with E-state index < -0.39 is 0 Å². The Morgan fingerprint density at radius 3 is 2.68 bits per heavy atom. The monoisotopic (exact) mass is 280 g/mol. The summed E-state index contributed by atoms with van der Waals surface area (Å²) in [5, 5.41) is 4.26. The van der Waals surface area contributed by atoms with Crippen molar-refractivity contribution in [2.45, 2.75) is 25.4 Å². The summed E-state index contributed by atoms with van der Waals surface area (Å²) in [6, 6.07) is 2.77. The minimum absolute atomic E-state index is 0.719. The fourth-order valence-electron chi connectivity index (χ4n) is 2.37. The van der Waals surface area contributed by atoms with Crippen molar-refractivity contribution in [2.75, 3.05) is 38.1 Å². The topological polar surface area (TPSA) is 31.4 Å². The largest absolute Gasteiger partial charge is 0.353 e. The van der Waals surface area contributed by atoms with E-state index in [2.05, 4.69) is 33.2 Å². The molecule has 0 aromatic carbocycles. The van der Waals surface area contributed by atoms with E-state index in [1.807, 2.05) is 6.20 Å². The van der Waals surface area contributed by atoms with Crippen molar-refractivity contribution in [1.29, 1.82) is 0 Å². The quantitative estimate of drug-likeness (QED) is 0.910. The number of hydrogen-bond donors (Lipinski definition) is 1. The summed E-state index contributed by atoms with van der Waals surface area (Å²) in [6.45, 7) is 5.03. The molecular weight excluding hydrogens is 260 g/mol. The van der Waals surface area contributed by atoms with Crippen LogP contribution in [-0.2, 0) is 6.54 Å². The van der Waals surface area contributed by atoms with Crippen molar-refractivity contribution in [2.24, 2.45) is 0 Å². The van der Waals surface area contributed by atoms with Crippen molar-refractivity contribution in [3.8, 4) is 0 Å². The highest BCUT2D eigenvalue weighted by atomic mass is 35.5. The van der Waals surface area contributed by atoms with Crippen LogP contribution in [0.25, 0.3) is 0 Å². The number of pyridine rings is 1. The molecule has 0 unspecified atom stereocenters. The zero-order valence-corrected chi connectivity index (χ0v) is 12.2. The Hall–Kier alpha value is -0.840. The standard InChI is InChI=1S/C14H21ClN4/c1-18-4-6-19(7-5-18)14-13(15)8-11(10-17-14)9-16-12-2-3-12/h8,10,12,16H,2-7,9H2,1H3. The van der Waals surface area contributed by atoms with Gasteiger partial charge in [0.25, 0.3) is 0 Å². The first-order valence-electron chi connectivity index (χ1n) is 7.03. The molecule has 1 aliphatic heterocycles. The van der Waals surface area contributed by atoms with Gasteiger partial charge in [-0.05, 0) is 31.5 Å². The molecule has 104 valence electrons. The zero-order chi connectivity index (χ0) is 13.2. The molecule has 0 spiro atoms. The SMILES string of the molecule is CN1CCN(c2ncc(CNC3CC3)cc2Cl)CC1. The van der Waals surface area contributed by atoms with Crippen molar-refractivity contribution in [1.82, 2.24) is 15.2 Å². The van der Waals surface area contributed by atoms with Gasteiger partial charge in [-0.1, -0.05) is 11.6 Å². The molecule has 0 amide bonds. The lowest BCUT2D eigenvalue weighted by atomic mass is 10.2. The fraction of sp³-hybridized carbons (Fsp3) is 0.643. The molecule has 1 aromatic heterocycles. The molecule has 2 heterocycles. The van der Waals surface area contributed by atoms with Crippen molar-refractivity contribution >= 4 is 17.4 Å². The summed E-state index contributed by atoms with van der Waals surface area (Å²) < 4.78 is 0. The lowest BCUT2D eigenvalue weighted by Gasteiger charge is -2.33. The van der Waals surface area contributed by atoms with Crippen LogP contribution < -0.4 is 10.2 Å². The maximum absolute atomic E-state index is 6.38. The first-order valence-corrected chi connectivity index (χ1v) is 7.41. The normalized spacial score (nSPS) is 20.8. The molecule has 2 aliphatic rings.